The van der Waals surface area contributed by atoms with E-state index in [0.717, 1.165) is 12.2 Å². The van der Waals surface area contributed by atoms with Crippen LogP contribution in [0.5, 0.6) is 5.75 Å². The summed E-state index contributed by atoms with van der Waals surface area (Å²) in [5.41, 5.74) is 1.21. The summed E-state index contributed by atoms with van der Waals surface area (Å²) in [4.78, 5) is 0. The van der Waals surface area contributed by atoms with E-state index in [4.69, 9.17) is 9.84 Å². The van der Waals surface area contributed by atoms with Gasteiger partial charge in [0.2, 0.25) is 0 Å². The van der Waals surface area contributed by atoms with E-state index in [9.17, 15) is 0 Å². The summed E-state index contributed by atoms with van der Waals surface area (Å²) in [7, 11) is 1.65. The normalized spacial score (nSPS) is 10.6. The van der Waals surface area contributed by atoms with Crippen LogP contribution in [0.25, 0.3) is 0 Å². The molecule has 0 aliphatic heterocycles. The number of hydrogen-bond acceptors (Lipinski definition) is 2. The van der Waals surface area contributed by atoms with Crippen LogP contribution in [0, 0.1) is 0 Å². The van der Waals surface area contributed by atoms with Gasteiger partial charge in [0.1, 0.15) is 5.75 Å². The van der Waals surface area contributed by atoms with Crippen LogP contribution in [-0.2, 0) is 6.42 Å². The summed E-state index contributed by atoms with van der Waals surface area (Å²) >= 11 is 0. The Morgan fingerprint density at radius 1 is 1.23 bits per heavy atom. The first-order valence-electron chi connectivity index (χ1n) is 4.25. The van der Waals surface area contributed by atoms with E-state index in [1.165, 1.54) is 5.56 Å². The maximum atomic E-state index is 8.52. The quantitative estimate of drug-likeness (QED) is 0.712. The van der Waals surface area contributed by atoms with Gasteiger partial charge in [-0.3, -0.25) is 0 Å². The SMILES string of the molecule is COc1ccc(C/C=C\CO)cc1. The number of methoxy groups -OCH3 is 1. The average Bonchev–Trinajstić information content (AvgIpc) is 2.19. The van der Waals surface area contributed by atoms with Gasteiger partial charge in [0.25, 0.3) is 0 Å². The minimum atomic E-state index is 0.107. The Morgan fingerprint density at radius 2 is 1.92 bits per heavy atom. The van der Waals surface area contributed by atoms with Gasteiger partial charge < -0.3 is 9.84 Å². The van der Waals surface area contributed by atoms with Crippen LogP contribution >= 0.6 is 0 Å². The maximum Gasteiger partial charge on any atom is 0.118 e. The molecule has 0 fully saturated rings. The van der Waals surface area contributed by atoms with Crippen molar-refractivity contribution >= 4 is 0 Å². The third-order valence-corrected chi connectivity index (χ3v) is 1.78. The molecule has 0 spiro atoms. The van der Waals surface area contributed by atoms with Crippen molar-refractivity contribution in [2.24, 2.45) is 0 Å². The fraction of sp³-hybridized carbons (Fsp3) is 0.273. The zero-order valence-corrected chi connectivity index (χ0v) is 7.73. The van der Waals surface area contributed by atoms with Crippen LogP contribution in [0.15, 0.2) is 36.4 Å². The summed E-state index contributed by atoms with van der Waals surface area (Å²) < 4.78 is 5.04. The highest BCUT2D eigenvalue weighted by Crippen LogP contribution is 2.11. The second kappa shape index (κ2) is 5.38. The highest BCUT2D eigenvalue weighted by Gasteiger charge is 1.90. The Balaban J connectivity index is 2.54. The van der Waals surface area contributed by atoms with Crippen molar-refractivity contribution < 1.29 is 9.84 Å². The Labute approximate surface area is 78.5 Å². The molecule has 1 aromatic rings. The monoisotopic (exact) mass is 178 g/mol. The molecule has 1 rings (SSSR count). The van der Waals surface area contributed by atoms with E-state index < -0.39 is 0 Å². The molecule has 0 saturated carbocycles. The molecule has 1 aromatic carbocycles. The van der Waals surface area contributed by atoms with E-state index in [-0.39, 0.29) is 6.61 Å². The molecule has 0 atom stereocenters. The smallest absolute Gasteiger partial charge is 0.118 e. The highest BCUT2D eigenvalue weighted by molar-refractivity contribution is 5.28. The molecule has 0 amide bonds. The minimum absolute atomic E-state index is 0.107. The van der Waals surface area contributed by atoms with Crippen LogP contribution in [-0.4, -0.2) is 18.8 Å². The number of aliphatic hydroxyl groups is 1. The second-order valence-electron chi connectivity index (χ2n) is 2.71. The summed E-state index contributed by atoms with van der Waals surface area (Å²) in [5.74, 6) is 0.870. The number of ether oxygens (including phenoxy) is 1. The van der Waals surface area contributed by atoms with Crippen molar-refractivity contribution in [3.63, 3.8) is 0 Å². The maximum absolute atomic E-state index is 8.52. The number of rotatable bonds is 4. The van der Waals surface area contributed by atoms with Gasteiger partial charge in [-0.2, -0.15) is 0 Å². The minimum Gasteiger partial charge on any atom is -0.497 e. The number of aliphatic hydroxyl groups excluding tert-OH is 1. The van der Waals surface area contributed by atoms with Gasteiger partial charge in [-0.1, -0.05) is 24.3 Å². The van der Waals surface area contributed by atoms with Gasteiger partial charge in [-0.05, 0) is 24.1 Å². The lowest BCUT2D eigenvalue weighted by Crippen LogP contribution is -1.84. The lowest BCUT2D eigenvalue weighted by atomic mass is 10.1. The molecule has 0 unspecified atom stereocenters. The molecule has 0 aromatic heterocycles. The van der Waals surface area contributed by atoms with E-state index in [1.807, 2.05) is 30.3 Å². The van der Waals surface area contributed by atoms with Gasteiger partial charge in [0, 0.05) is 0 Å². The second-order valence-corrected chi connectivity index (χ2v) is 2.71. The van der Waals surface area contributed by atoms with E-state index in [0.29, 0.717) is 0 Å². The molecule has 0 aliphatic carbocycles. The summed E-state index contributed by atoms with van der Waals surface area (Å²) in [6, 6.07) is 7.89. The highest BCUT2D eigenvalue weighted by atomic mass is 16.5. The molecule has 70 valence electrons. The molecule has 0 saturated heterocycles. The van der Waals surface area contributed by atoms with E-state index in [2.05, 4.69) is 0 Å². The third kappa shape index (κ3) is 3.30. The Hall–Kier alpha value is -1.28. The third-order valence-electron chi connectivity index (χ3n) is 1.78. The Bertz CT molecular complexity index is 262. The molecule has 0 heterocycles. The summed E-state index contributed by atoms with van der Waals surface area (Å²) in [6.07, 6.45) is 4.54. The molecule has 0 bridgehead atoms. The van der Waals surface area contributed by atoms with Crippen LogP contribution in [0.1, 0.15) is 5.56 Å². The predicted octanol–water partition coefficient (Wildman–Crippen LogP) is 1.79. The largest absolute Gasteiger partial charge is 0.497 e. The predicted molar refractivity (Wildman–Crippen MR) is 52.9 cm³/mol. The van der Waals surface area contributed by atoms with Crippen molar-refractivity contribution in [3.8, 4) is 5.75 Å². The average molecular weight is 178 g/mol. The van der Waals surface area contributed by atoms with Gasteiger partial charge in [-0.25, -0.2) is 0 Å². The van der Waals surface area contributed by atoms with Gasteiger partial charge in [-0.15, -0.1) is 0 Å². The lowest BCUT2D eigenvalue weighted by Gasteiger charge is -2.00. The Kier molecular flexibility index (Phi) is 4.06. The number of allylic oxidation sites excluding steroid dienone is 1. The van der Waals surface area contributed by atoms with Crippen molar-refractivity contribution in [2.45, 2.75) is 6.42 Å². The van der Waals surface area contributed by atoms with Crippen molar-refractivity contribution in [1.82, 2.24) is 0 Å². The van der Waals surface area contributed by atoms with Crippen LogP contribution in [0.4, 0.5) is 0 Å². The fourth-order valence-electron chi connectivity index (χ4n) is 1.06. The molecule has 2 nitrogen and oxygen atoms in total. The first-order chi connectivity index (χ1) is 6.36. The topological polar surface area (TPSA) is 29.5 Å². The molecular formula is C11H14O2. The first-order valence-corrected chi connectivity index (χ1v) is 4.25. The standard InChI is InChI=1S/C11H14O2/c1-13-11-7-5-10(6-8-11)4-2-3-9-12/h2-3,5-8,12H,4,9H2,1H3/b3-2-. The first kappa shape index (κ1) is 9.81. The van der Waals surface area contributed by atoms with Crippen molar-refractivity contribution in [2.75, 3.05) is 13.7 Å². The van der Waals surface area contributed by atoms with E-state index in [1.54, 1.807) is 13.2 Å². The van der Waals surface area contributed by atoms with Gasteiger partial charge in [0.05, 0.1) is 13.7 Å². The van der Waals surface area contributed by atoms with Gasteiger partial charge in [0.15, 0.2) is 0 Å². The zero-order chi connectivity index (χ0) is 9.52. The molecule has 1 N–H and O–H groups in total. The summed E-state index contributed by atoms with van der Waals surface area (Å²) in [5, 5.41) is 8.52. The molecule has 0 aliphatic rings. The van der Waals surface area contributed by atoms with Gasteiger partial charge >= 0.3 is 0 Å². The van der Waals surface area contributed by atoms with Crippen LogP contribution < -0.4 is 4.74 Å². The number of benzene rings is 1. The molecule has 2 heteroatoms. The Morgan fingerprint density at radius 3 is 2.46 bits per heavy atom. The molecule has 13 heavy (non-hydrogen) atoms. The fourth-order valence-corrected chi connectivity index (χ4v) is 1.06. The van der Waals surface area contributed by atoms with Crippen LogP contribution in [0.3, 0.4) is 0 Å². The lowest BCUT2D eigenvalue weighted by molar-refractivity contribution is 0.342. The van der Waals surface area contributed by atoms with Crippen molar-refractivity contribution in [1.29, 1.82) is 0 Å². The van der Waals surface area contributed by atoms with E-state index >= 15 is 0 Å². The molecule has 0 radical (unpaired) electrons. The molecular weight excluding hydrogens is 164 g/mol. The van der Waals surface area contributed by atoms with Crippen molar-refractivity contribution in [3.05, 3.63) is 42.0 Å². The zero-order valence-electron chi connectivity index (χ0n) is 7.73. The number of hydrogen-bond donors (Lipinski definition) is 1. The van der Waals surface area contributed by atoms with Crippen LogP contribution in [0.2, 0.25) is 0 Å². The summed E-state index contributed by atoms with van der Waals surface area (Å²) in [6.45, 7) is 0.107.